The van der Waals surface area contributed by atoms with Gasteiger partial charge in [0.15, 0.2) is 11.0 Å². The number of thioether (sulfide) groups is 1. The number of aromatic nitrogens is 3. The molecule has 2 heterocycles. The highest BCUT2D eigenvalue weighted by Crippen LogP contribution is 2.27. The molecule has 0 aliphatic carbocycles. The van der Waals surface area contributed by atoms with Gasteiger partial charge in [0.2, 0.25) is 5.91 Å². The van der Waals surface area contributed by atoms with Gasteiger partial charge in [-0.2, -0.15) is 0 Å². The Morgan fingerprint density at radius 1 is 1.31 bits per heavy atom. The maximum absolute atomic E-state index is 12.3. The van der Waals surface area contributed by atoms with Gasteiger partial charge in [-0.3, -0.25) is 4.79 Å². The molecule has 0 saturated heterocycles. The smallest absolute Gasteiger partial charge is 0.230 e. The lowest BCUT2D eigenvalue weighted by molar-refractivity contribution is -0.119. The fourth-order valence-electron chi connectivity index (χ4n) is 2.52. The van der Waals surface area contributed by atoms with Crippen molar-refractivity contribution in [1.29, 1.82) is 0 Å². The molecule has 8 heteroatoms. The second-order valence-corrected chi connectivity index (χ2v) is 8.46. The Kier molecular flexibility index (Phi) is 6.50. The van der Waals surface area contributed by atoms with Gasteiger partial charge < -0.3 is 9.88 Å². The van der Waals surface area contributed by atoms with E-state index < -0.39 is 0 Å². The molecule has 1 amide bonds. The summed E-state index contributed by atoms with van der Waals surface area (Å²) in [5.74, 6) is 1.14. The number of hydrogen-bond donors (Lipinski definition) is 1. The molecular formula is C18H19BrN4OS2. The number of rotatable bonds is 7. The Balaban J connectivity index is 1.60. The van der Waals surface area contributed by atoms with Crippen LogP contribution < -0.4 is 5.32 Å². The number of amides is 1. The molecule has 5 nitrogen and oxygen atoms in total. The van der Waals surface area contributed by atoms with Crippen molar-refractivity contribution in [3.8, 4) is 10.7 Å². The average molecular weight is 451 g/mol. The molecule has 0 radical (unpaired) electrons. The standard InChI is InChI=1S/C18H19BrN4OS2/c1-3-23-17(15-5-4-10-25-15)21-22-18(23)26-11-16(24)20-12(2)13-6-8-14(19)9-7-13/h4-10,12H,3,11H2,1-2H3,(H,20,24). The highest BCUT2D eigenvalue weighted by Gasteiger charge is 2.16. The summed E-state index contributed by atoms with van der Waals surface area (Å²) >= 11 is 6.47. The van der Waals surface area contributed by atoms with Crippen molar-refractivity contribution in [2.45, 2.75) is 31.6 Å². The molecule has 1 unspecified atom stereocenters. The molecule has 0 aliphatic heterocycles. The van der Waals surface area contributed by atoms with Crippen LogP contribution in [0.4, 0.5) is 0 Å². The zero-order chi connectivity index (χ0) is 18.5. The van der Waals surface area contributed by atoms with Crippen LogP contribution in [0.25, 0.3) is 10.7 Å². The molecule has 0 fully saturated rings. The van der Waals surface area contributed by atoms with Gasteiger partial charge in [0.25, 0.3) is 0 Å². The fraction of sp³-hybridized carbons (Fsp3) is 0.278. The minimum atomic E-state index is -0.0399. The van der Waals surface area contributed by atoms with Gasteiger partial charge in [0.1, 0.15) is 0 Å². The Morgan fingerprint density at radius 2 is 2.08 bits per heavy atom. The molecule has 1 atom stereocenters. The lowest BCUT2D eigenvalue weighted by Gasteiger charge is -2.14. The van der Waals surface area contributed by atoms with Crippen LogP contribution in [0, 0.1) is 0 Å². The molecule has 1 N–H and O–H groups in total. The van der Waals surface area contributed by atoms with E-state index in [0.717, 1.165) is 32.4 Å². The van der Waals surface area contributed by atoms with E-state index >= 15 is 0 Å². The van der Waals surface area contributed by atoms with E-state index in [9.17, 15) is 4.79 Å². The number of thiophene rings is 1. The van der Waals surface area contributed by atoms with Crippen molar-refractivity contribution in [2.75, 3.05) is 5.75 Å². The lowest BCUT2D eigenvalue weighted by atomic mass is 10.1. The largest absolute Gasteiger partial charge is 0.349 e. The van der Waals surface area contributed by atoms with Gasteiger partial charge in [-0.25, -0.2) is 0 Å². The summed E-state index contributed by atoms with van der Waals surface area (Å²) in [6.45, 7) is 4.80. The predicted molar refractivity (Wildman–Crippen MR) is 110 cm³/mol. The Hall–Kier alpha value is -1.64. The van der Waals surface area contributed by atoms with Crippen LogP contribution in [0.3, 0.4) is 0 Å². The van der Waals surface area contributed by atoms with Crippen LogP contribution in [0.15, 0.2) is 51.4 Å². The van der Waals surface area contributed by atoms with Crippen molar-refractivity contribution in [3.63, 3.8) is 0 Å². The molecule has 2 aromatic heterocycles. The molecule has 136 valence electrons. The summed E-state index contributed by atoms with van der Waals surface area (Å²) in [5.41, 5.74) is 1.07. The minimum absolute atomic E-state index is 0.0197. The Bertz CT molecular complexity index is 862. The monoisotopic (exact) mass is 450 g/mol. The van der Waals surface area contributed by atoms with Crippen LogP contribution in [0.1, 0.15) is 25.5 Å². The third kappa shape index (κ3) is 4.55. The van der Waals surface area contributed by atoms with Crippen molar-refractivity contribution in [3.05, 3.63) is 51.8 Å². The number of benzene rings is 1. The summed E-state index contributed by atoms with van der Waals surface area (Å²) in [6, 6.07) is 11.9. The Labute approximate surface area is 169 Å². The van der Waals surface area contributed by atoms with E-state index in [1.165, 1.54) is 11.8 Å². The second-order valence-electron chi connectivity index (χ2n) is 5.66. The number of hydrogen-bond acceptors (Lipinski definition) is 5. The first-order valence-electron chi connectivity index (χ1n) is 8.23. The van der Waals surface area contributed by atoms with Gasteiger partial charge in [0, 0.05) is 11.0 Å². The van der Waals surface area contributed by atoms with E-state index in [1.54, 1.807) is 11.3 Å². The zero-order valence-corrected chi connectivity index (χ0v) is 17.7. The lowest BCUT2D eigenvalue weighted by Crippen LogP contribution is -2.28. The predicted octanol–water partition coefficient (Wildman–Crippen LogP) is 4.76. The minimum Gasteiger partial charge on any atom is -0.349 e. The molecule has 3 rings (SSSR count). The average Bonchev–Trinajstić information content (AvgIpc) is 3.29. The van der Waals surface area contributed by atoms with Crippen molar-refractivity contribution < 1.29 is 4.79 Å². The van der Waals surface area contributed by atoms with Crippen LogP contribution in [-0.2, 0) is 11.3 Å². The Morgan fingerprint density at radius 3 is 2.73 bits per heavy atom. The number of nitrogens with one attached hydrogen (secondary N) is 1. The summed E-state index contributed by atoms with van der Waals surface area (Å²) in [6.07, 6.45) is 0. The van der Waals surface area contributed by atoms with Crippen LogP contribution in [0.5, 0.6) is 0 Å². The molecule has 0 aliphatic rings. The van der Waals surface area contributed by atoms with Crippen LogP contribution >= 0.6 is 39.0 Å². The fourth-order valence-corrected chi connectivity index (χ4v) is 4.31. The quantitative estimate of drug-likeness (QED) is 0.527. The summed E-state index contributed by atoms with van der Waals surface area (Å²) < 4.78 is 3.07. The van der Waals surface area contributed by atoms with Crippen LogP contribution in [-0.4, -0.2) is 26.4 Å². The normalized spacial score (nSPS) is 12.1. The summed E-state index contributed by atoms with van der Waals surface area (Å²) in [5, 5.41) is 14.4. The molecule has 3 aromatic rings. The highest BCUT2D eigenvalue weighted by molar-refractivity contribution is 9.10. The molecule has 1 aromatic carbocycles. The number of carbonyl (C=O) groups is 1. The maximum Gasteiger partial charge on any atom is 0.230 e. The summed E-state index contributed by atoms with van der Waals surface area (Å²) in [7, 11) is 0. The van der Waals surface area contributed by atoms with Crippen molar-refractivity contribution >= 4 is 44.9 Å². The molecule has 0 bridgehead atoms. The third-order valence-corrected chi connectivity index (χ3v) is 6.22. The first-order valence-corrected chi connectivity index (χ1v) is 10.9. The van der Waals surface area contributed by atoms with Gasteiger partial charge in [-0.15, -0.1) is 21.5 Å². The van der Waals surface area contributed by atoms with E-state index in [4.69, 9.17) is 0 Å². The molecule has 26 heavy (non-hydrogen) atoms. The van der Waals surface area contributed by atoms with Gasteiger partial charge in [-0.05, 0) is 43.0 Å². The second kappa shape index (κ2) is 8.83. The zero-order valence-electron chi connectivity index (χ0n) is 14.5. The molecule has 0 spiro atoms. The van der Waals surface area contributed by atoms with Gasteiger partial charge in [0.05, 0.1) is 16.7 Å². The van der Waals surface area contributed by atoms with Gasteiger partial charge >= 0.3 is 0 Å². The highest BCUT2D eigenvalue weighted by atomic mass is 79.9. The third-order valence-electron chi connectivity index (χ3n) is 3.85. The van der Waals surface area contributed by atoms with Crippen molar-refractivity contribution in [1.82, 2.24) is 20.1 Å². The number of halogens is 1. The van der Waals surface area contributed by atoms with E-state index in [0.29, 0.717) is 5.75 Å². The van der Waals surface area contributed by atoms with E-state index in [-0.39, 0.29) is 11.9 Å². The van der Waals surface area contributed by atoms with Crippen LogP contribution in [0.2, 0.25) is 0 Å². The summed E-state index contributed by atoms with van der Waals surface area (Å²) in [4.78, 5) is 13.4. The number of nitrogens with zero attached hydrogens (tertiary/aromatic N) is 3. The van der Waals surface area contributed by atoms with Gasteiger partial charge in [-0.1, -0.05) is 45.9 Å². The maximum atomic E-state index is 12.3. The van der Waals surface area contributed by atoms with Crippen molar-refractivity contribution in [2.24, 2.45) is 0 Å². The molecular weight excluding hydrogens is 432 g/mol. The first-order chi connectivity index (χ1) is 12.6. The number of carbonyl (C=O) groups excluding carboxylic acids is 1. The SMILES string of the molecule is CCn1c(SCC(=O)NC(C)c2ccc(Br)cc2)nnc1-c1cccs1. The topological polar surface area (TPSA) is 59.8 Å². The molecule has 0 saturated carbocycles. The van der Waals surface area contributed by atoms with E-state index in [2.05, 4.69) is 38.4 Å². The van der Waals surface area contributed by atoms with E-state index in [1.807, 2.05) is 53.3 Å². The first kappa shape index (κ1) is 19.1.